The second-order valence-corrected chi connectivity index (χ2v) is 8.92. The molecule has 1 saturated heterocycles. The Morgan fingerprint density at radius 2 is 1.81 bits per heavy atom. The van der Waals surface area contributed by atoms with Gasteiger partial charge in [-0.05, 0) is 82.2 Å². The first-order valence-electron chi connectivity index (χ1n) is 11.7. The number of carbonyl (C=O) groups excluding carboxylic acids is 1. The van der Waals surface area contributed by atoms with Gasteiger partial charge in [0.15, 0.2) is 5.82 Å². The van der Waals surface area contributed by atoms with E-state index in [1.807, 2.05) is 6.92 Å². The number of rotatable bonds is 8. The van der Waals surface area contributed by atoms with Gasteiger partial charge in [0.25, 0.3) is 0 Å². The van der Waals surface area contributed by atoms with Crippen LogP contribution in [0.2, 0.25) is 0 Å². The van der Waals surface area contributed by atoms with Crippen LogP contribution in [0.3, 0.4) is 0 Å². The minimum Gasteiger partial charge on any atom is -0.457 e. The first-order chi connectivity index (χ1) is 17.1. The molecule has 0 bridgehead atoms. The molecule has 3 N–H and O–H groups in total. The lowest BCUT2D eigenvalue weighted by Gasteiger charge is -2.19. The molecule has 1 aromatic heterocycles. The first-order valence-corrected chi connectivity index (χ1v) is 11.7. The van der Waals surface area contributed by atoms with Crippen LogP contribution in [0.1, 0.15) is 36.6 Å². The number of primary amides is 1. The van der Waals surface area contributed by atoms with Crippen LogP contribution in [0.4, 0.5) is 19.0 Å². The molecule has 0 spiro atoms. The zero-order chi connectivity index (χ0) is 25.9. The Hall–Kier alpha value is -3.66. The number of nitrogens with two attached hydrogens (primary N) is 1. The summed E-state index contributed by atoms with van der Waals surface area (Å²) in [6.45, 7) is 5.57. The summed E-state index contributed by atoms with van der Waals surface area (Å²) in [5.41, 5.74) is 6.55. The van der Waals surface area contributed by atoms with E-state index in [1.54, 1.807) is 37.3 Å². The lowest BCUT2D eigenvalue weighted by atomic mass is 10.1. The number of likely N-dealkylation sites (tertiary alicyclic amines) is 1. The summed E-state index contributed by atoms with van der Waals surface area (Å²) in [6, 6.07) is 11.7. The first kappa shape index (κ1) is 25.4. The lowest BCUT2D eigenvalue weighted by Crippen LogP contribution is -2.32. The number of ether oxygens (including phenoxy) is 1. The maximum Gasteiger partial charge on any atom is 0.416 e. The van der Waals surface area contributed by atoms with Crippen molar-refractivity contribution in [2.45, 2.75) is 45.5 Å². The maximum absolute atomic E-state index is 13.3. The third-order valence-electron chi connectivity index (χ3n) is 5.97. The predicted octanol–water partition coefficient (Wildman–Crippen LogP) is 5.14. The Morgan fingerprint density at radius 1 is 1.11 bits per heavy atom. The molecule has 10 heteroatoms. The van der Waals surface area contributed by atoms with E-state index in [9.17, 15) is 18.0 Å². The minimum atomic E-state index is -4.42. The van der Waals surface area contributed by atoms with Crippen LogP contribution >= 0.6 is 0 Å². The number of alkyl halides is 3. The van der Waals surface area contributed by atoms with Crippen LogP contribution in [0.15, 0.2) is 48.5 Å². The van der Waals surface area contributed by atoms with Crippen molar-refractivity contribution in [3.8, 4) is 22.9 Å². The Kier molecular flexibility index (Phi) is 7.44. The summed E-state index contributed by atoms with van der Waals surface area (Å²) in [5.74, 6) is 1.29. The molecule has 2 aromatic carbocycles. The second kappa shape index (κ2) is 10.5. The second-order valence-electron chi connectivity index (χ2n) is 8.92. The highest BCUT2D eigenvalue weighted by Crippen LogP contribution is 2.35. The van der Waals surface area contributed by atoms with E-state index in [2.05, 4.69) is 20.2 Å². The quantitative estimate of drug-likeness (QED) is 0.446. The molecule has 36 heavy (non-hydrogen) atoms. The number of amides is 1. The summed E-state index contributed by atoms with van der Waals surface area (Å²) < 4.78 is 46.0. The van der Waals surface area contributed by atoms with Crippen LogP contribution in [0.25, 0.3) is 11.4 Å². The van der Waals surface area contributed by atoms with E-state index in [0.29, 0.717) is 46.5 Å². The smallest absolute Gasteiger partial charge is 0.416 e. The number of aryl methyl sites for hydroxylation is 1. The van der Waals surface area contributed by atoms with Crippen molar-refractivity contribution in [2.24, 2.45) is 5.73 Å². The van der Waals surface area contributed by atoms with Crippen molar-refractivity contribution in [1.29, 1.82) is 0 Å². The standard InChI is InChI=1S/C26H28F3N5O2/c1-16-13-23(32-17(2)24(30)35)33-25(31-16)18-5-8-21(9-6-18)36-22-10-7-20(26(27,28)29)14-19(22)15-34-11-3-4-12-34/h5-10,13-14,17H,3-4,11-12,15H2,1-2H3,(H2,30,35)(H,31,32,33). The van der Waals surface area contributed by atoms with Crippen molar-refractivity contribution in [3.63, 3.8) is 0 Å². The highest BCUT2D eigenvalue weighted by molar-refractivity contribution is 5.82. The number of benzene rings is 2. The molecule has 1 aliphatic heterocycles. The van der Waals surface area contributed by atoms with Gasteiger partial charge in [-0.3, -0.25) is 9.69 Å². The molecule has 7 nitrogen and oxygen atoms in total. The van der Waals surface area contributed by atoms with Crippen LogP contribution < -0.4 is 15.8 Å². The topological polar surface area (TPSA) is 93.4 Å². The van der Waals surface area contributed by atoms with E-state index in [-0.39, 0.29) is 0 Å². The Balaban J connectivity index is 1.55. The fraction of sp³-hybridized carbons (Fsp3) is 0.346. The van der Waals surface area contributed by atoms with Gasteiger partial charge >= 0.3 is 6.18 Å². The van der Waals surface area contributed by atoms with Crippen molar-refractivity contribution in [1.82, 2.24) is 14.9 Å². The highest BCUT2D eigenvalue weighted by atomic mass is 19.4. The number of halogens is 3. The number of nitrogens with zero attached hydrogens (tertiary/aromatic N) is 3. The van der Waals surface area contributed by atoms with Crippen molar-refractivity contribution in [3.05, 3.63) is 65.4 Å². The fourth-order valence-electron chi connectivity index (χ4n) is 4.02. The molecule has 0 saturated carbocycles. The molecule has 2 heterocycles. The number of nitrogens with one attached hydrogen (secondary N) is 1. The summed E-state index contributed by atoms with van der Waals surface area (Å²) in [5, 5.41) is 2.95. The third-order valence-corrected chi connectivity index (χ3v) is 5.97. The van der Waals surface area contributed by atoms with Gasteiger partial charge in [-0.2, -0.15) is 13.2 Å². The molecule has 0 radical (unpaired) electrons. The third kappa shape index (κ3) is 6.31. The van der Waals surface area contributed by atoms with Crippen molar-refractivity contribution < 1.29 is 22.7 Å². The number of hydrogen-bond donors (Lipinski definition) is 2. The van der Waals surface area contributed by atoms with Gasteiger partial charge in [0, 0.05) is 29.4 Å². The maximum atomic E-state index is 13.3. The van der Waals surface area contributed by atoms with Crippen LogP contribution in [-0.4, -0.2) is 39.9 Å². The largest absolute Gasteiger partial charge is 0.457 e. The molecule has 1 aliphatic rings. The minimum absolute atomic E-state index is 0.390. The molecule has 1 unspecified atom stereocenters. The average Bonchev–Trinajstić information content (AvgIpc) is 3.32. The molecule has 190 valence electrons. The Labute approximate surface area is 207 Å². The summed E-state index contributed by atoms with van der Waals surface area (Å²) in [4.78, 5) is 22.4. The predicted molar refractivity (Wildman–Crippen MR) is 131 cm³/mol. The van der Waals surface area contributed by atoms with Gasteiger partial charge in [0.1, 0.15) is 23.4 Å². The summed E-state index contributed by atoms with van der Waals surface area (Å²) in [6.07, 6.45) is -2.34. The van der Waals surface area contributed by atoms with E-state index in [0.717, 1.165) is 32.0 Å². The van der Waals surface area contributed by atoms with Gasteiger partial charge in [-0.1, -0.05) is 0 Å². The van der Waals surface area contributed by atoms with E-state index >= 15 is 0 Å². The van der Waals surface area contributed by atoms with Gasteiger partial charge < -0.3 is 15.8 Å². The molecular formula is C26H28F3N5O2. The zero-order valence-corrected chi connectivity index (χ0v) is 20.1. The van der Waals surface area contributed by atoms with Gasteiger partial charge in [0.05, 0.1) is 5.56 Å². The molecule has 1 fully saturated rings. The van der Waals surface area contributed by atoms with Crippen molar-refractivity contribution in [2.75, 3.05) is 18.4 Å². The van der Waals surface area contributed by atoms with Crippen LogP contribution in [0, 0.1) is 6.92 Å². The van der Waals surface area contributed by atoms with Crippen LogP contribution in [-0.2, 0) is 17.5 Å². The number of anilines is 1. The molecule has 4 rings (SSSR count). The van der Waals surface area contributed by atoms with Crippen LogP contribution in [0.5, 0.6) is 11.5 Å². The van der Waals surface area contributed by atoms with E-state index in [4.69, 9.17) is 10.5 Å². The van der Waals surface area contributed by atoms with Crippen molar-refractivity contribution >= 4 is 11.7 Å². The summed E-state index contributed by atoms with van der Waals surface area (Å²) in [7, 11) is 0. The molecule has 0 aliphatic carbocycles. The van der Waals surface area contributed by atoms with E-state index in [1.165, 1.54) is 12.1 Å². The average molecular weight is 500 g/mol. The number of aromatic nitrogens is 2. The Bertz CT molecular complexity index is 1230. The molecule has 3 aromatic rings. The zero-order valence-electron chi connectivity index (χ0n) is 20.1. The number of hydrogen-bond acceptors (Lipinski definition) is 6. The highest BCUT2D eigenvalue weighted by Gasteiger charge is 2.31. The number of carbonyl (C=O) groups is 1. The molecule has 1 atom stereocenters. The van der Waals surface area contributed by atoms with Gasteiger partial charge in [0.2, 0.25) is 5.91 Å². The van der Waals surface area contributed by atoms with Gasteiger partial charge in [-0.25, -0.2) is 9.97 Å². The summed E-state index contributed by atoms with van der Waals surface area (Å²) >= 11 is 0. The normalized spacial score (nSPS) is 15.0. The lowest BCUT2D eigenvalue weighted by molar-refractivity contribution is -0.137. The Morgan fingerprint density at radius 3 is 2.44 bits per heavy atom. The SMILES string of the molecule is Cc1cc(NC(C)C(N)=O)nc(-c2ccc(Oc3ccc(C(F)(F)F)cc3CN3CCCC3)cc2)n1. The molecule has 1 amide bonds. The van der Waals surface area contributed by atoms with Gasteiger partial charge in [-0.15, -0.1) is 0 Å². The molecular weight excluding hydrogens is 471 g/mol. The monoisotopic (exact) mass is 499 g/mol. The fourth-order valence-corrected chi connectivity index (χ4v) is 4.02. The van der Waals surface area contributed by atoms with E-state index < -0.39 is 23.7 Å².